The second kappa shape index (κ2) is 5.44. The van der Waals surface area contributed by atoms with E-state index >= 15 is 0 Å². The lowest BCUT2D eigenvalue weighted by Crippen LogP contribution is -1.91. The fourth-order valence-corrected chi connectivity index (χ4v) is 2.10. The van der Waals surface area contributed by atoms with Crippen LogP contribution in [0.5, 0.6) is 11.5 Å². The van der Waals surface area contributed by atoms with E-state index in [4.69, 9.17) is 0 Å². The number of hydrogen-bond donors (Lipinski definition) is 3. The zero-order chi connectivity index (χ0) is 14.7. The Balaban J connectivity index is 2.85. The van der Waals surface area contributed by atoms with Gasteiger partial charge < -0.3 is 15.2 Å². The summed E-state index contributed by atoms with van der Waals surface area (Å²) in [5, 5.41) is 19.8. The third kappa shape index (κ3) is 2.21. The average molecular weight is 270 g/mol. The highest BCUT2D eigenvalue weighted by atomic mass is 16.3. The quantitative estimate of drug-likeness (QED) is 0.345. The van der Waals surface area contributed by atoms with Gasteiger partial charge in [0.25, 0.3) is 0 Å². The van der Waals surface area contributed by atoms with Gasteiger partial charge in [0.15, 0.2) is 17.8 Å². The van der Waals surface area contributed by atoms with Gasteiger partial charge in [-0.15, -0.1) is 0 Å². The van der Waals surface area contributed by atoms with Crippen molar-refractivity contribution in [3.63, 3.8) is 0 Å². The first kappa shape index (κ1) is 13.6. The molecule has 0 saturated carbocycles. The van der Waals surface area contributed by atoms with Crippen LogP contribution in [0.1, 0.15) is 16.1 Å². The maximum Gasteiger partial charge on any atom is 0.166 e. The van der Waals surface area contributed by atoms with Gasteiger partial charge in [0.05, 0.1) is 11.2 Å². The summed E-state index contributed by atoms with van der Waals surface area (Å²) in [5.74, 6) is -0.497. The Morgan fingerprint density at radius 2 is 2.05 bits per heavy atom. The highest BCUT2D eigenvalue weighted by molar-refractivity contribution is 6.18. The van der Waals surface area contributed by atoms with Gasteiger partial charge >= 0.3 is 0 Å². The second-order valence-electron chi connectivity index (χ2n) is 4.16. The normalized spacial score (nSPS) is 12.2. The number of aliphatic imine (C=N–C) groups is 1. The lowest BCUT2D eigenvalue weighted by atomic mass is 10.0. The molecule has 20 heavy (non-hydrogen) atoms. The summed E-state index contributed by atoms with van der Waals surface area (Å²) in [6.45, 7) is 3.63. The molecule has 0 spiro atoms. The van der Waals surface area contributed by atoms with Gasteiger partial charge in [-0.1, -0.05) is 18.7 Å². The largest absolute Gasteiger partial charge is 0.504 e. The molecular formula is C15H14N2O3. The van der Waals surface area contributed by atoms with Crippen LogP contribution >= 0.6 is 0 Å². The minimum absolute atomic E-state index is 0.249. The summed E-state index contributed by atoms with van der Waals surface area (Å²) >= 11 is 0. The van der Waals surface area contributed by atoms with E-state index in [1.54, 1.807) is 25.4 Å². The molecule has 0 amide bonds. The molecule has 102 valence electrons. The number of aromatic amines is 1. The number of fused-ring (bicyclic) bond motifs is 1. The molecule has 0 aliphatic heterocycles. The van der Waals surface area contributed by atoms with Crippen LogP contribution in [0.2, 0.25) is 0 Å². The molecule has 2 aromatic rings. The average Bonchev–Trinajstić information content (AvgIpc) is 2.76. The van der Waals surface area contributed by atoms with Crippen molar-refractivity contribution < 1.29 is 15.0 Å². The molecule has 0 unspecified atom stereocenters. The molecule has 0 atom stereocenters. The van der Waals surface area contributed by atoms with E-state index in [2.05, 4.69) is 16.6 Å². The highest BCUT2D eigenvalue weighted by Gasteiger charge is 2.16. The number of rotatable bonds is 4. The summed E-state index contributed by atoms with van der Waals surface area (Å²) in [6.07, 6.45) is 5.59. The van der Waals surface area contributed by atoms with Crippen LogP contribution < -0.4 is 0 Å². The molecule has 0 aliphatic carbocycles. The summed E-state index contributed by atoms with van der Waals surface area (Å²) in [4.78, 5) is 18.1. The van der Waals surface area contributed by atoms with Gasteiger partial charge in [-0.25, -0.2) is 0 Å². The van der Waals surface area contributed by atoms with Crippen LogP contribution in [0.15, 0.2) is 35.9 Å². The molecule has 0 fully saturated rings. The number of benzene rings is 1. The van der Waals surface area contributed by atoms with Crippen LogP contribution in [0, 0.1) is 0 Å². The smallest absolute Gasteiger partial charge is 0.166 e. The van der Waals surface area contributed by atoms with Crippen molar-refractivity contribution in [2.75, 3.05) is 7.05 Å². The number of nitrogens with zero attached hydrogens (tertiary/aromatic N) is 1. The maximum atomic E-state index is 11.2. The number of allylic oxidation sites excluding steroid dienone is 3. The van der Waals surface area contributed by atoms with Crippen LogP contribution in [0.4, 0.5) is 0 Å². The molecule has 0 bridgehead atoms. The number of aromatic hydroxyl groups is 2. The topological polar surface area (TPSA) is 85.7 Å². The molecule has 5 nitrogen and oxygen atoms in total. The SMILES string of the molecule is C=C/C=C(\C=NC)c1c(C=O)[nH]c2cc(O)c(O)cc12. The van der Waals surface area contributed by atoms with E-state index < -0.39 is 0 Å². The highest BCUT2D eigenvalue weighted by Crippen LogP contribution is 2.35. The van der Waals surface area contributed by atoms with Gasteiger partial charge in [-0.05, 0) is 6.07 Å². The van der Waals surface area contributed by atoms with Gasteiger partial charge in [0, 0.05) is 35.9 Å². The minimum Gasteiger partial charge on any atom is -0.504 e. The number of phenolic OH excluding ortho intramolecular Hbond substituents is 2. The Kier molecular flexibility index (Phi) is 3.70. The van der Waals surface area contributed by atoms with E-state index in [1.165, 1.54) is 12.1 Å². The Morgan fingerprint density at radius 3 is 2.65 bits per heavy atom. The molecule has 0 saturated heterocycles. The molecule has 3 N–H and O–H groups in total. The number of nitrogens with one attached hydrogen (secondary N) is 1. The van der Waals surface area contributed by atoms with Gasteiger partial charge in [-0.3, -0.25) is 9.79 Å². The van der Waals surface area contributed by atoms with Crippen LogP contribution in [0.3, 0.4) is 0 Å². The van der Waals surface area contributed by atoms with Crippen molar-refractivity contribution in [3.8, 4) is 11.5 Å². The third-order valence-corrected chi connectivity index (χ3v) is 2.89. The molecule has 5 heteroatoms. The Hall–Kier alpha value is -2.82. The zero-order valence-electron chi connectivity index (χ0n) is 10.9. The first-order chi connectivity index (χ1) is 9.62. The number of hydrogen-bond acceptors (Lipinski definition) is 4. The Bertz CT molecular complexity index is 739. The van der Waals surface area contributed by atoms with E-state index in [0.717, 1.165) is 0 Å². The zero-order valence-corrected chi connectivity index (χ0v) is 10.9. The monoisotopic (exact) mass is 270 g/mol. The molecule has 1 aromatic carbocycles. The van der Waals surface area contributed by atoms with Crippen molar-refractivity contribution in [1.29, 1.82) is 0 Å². The standard InChI is InChI=1S/C15H14N2O3/c1-3-4-9(7-16-2)15-10-5-13(19)14(20)6-11(10)17-12(15)8-18/h3-8,17,19-20H,1H2,2H3/b9-4+,16-7?. The van der Waals surface area contributed by atoms with Crippen molar-refractivity contribution >= 4 is 29.0 Å². The summed E-state index contributed by atoms with van der Waals surface area (Å²) in [6, 6.07) is 2.78. The summed E-state index contributed by atoms with van der Waals surface area (Å²) < 4.78 is 0. The van der Waals surface area contributed by atoms with E-state index in [0.29, 0.717) is 34.0 Å². The van der Waals surface area contributed by atoms with Crippen molar-refractivity contribution in [3.05, 3.63) is 42.1 Å². The van der Waals surface area contributed by atoms with Crippen molar-refractivity contribution in [2.24, 2.45) is 4.99 Å². The minimum atomic E-state index is -0.249. The molecule has 1 aromatic heterocycles. The fraction of sp³-hybridized carbons (Fsp3) is 0.0667. The molecular weight excluding hydrogens is 256 g/mol. The number of phenols is 2. The van der Waals surface area contributed by atoms with Gasteiger partial charge in [0.1, 0.15) is 0 Å². The third-order valence-electron chi connectivity index (χ3n) is 2.89. The molecule has 0 radical (unpaired) electrons. The molecule has 0 aliphatic rings. The van der Waals surface area contributed by atoms with Crippen LogP contribution in [-0.2, 0) is 0 Å². The molecule has 2 rings (SSSR count). The van der Waals surface area contributed by atoms with E-state index in [9.17, 15) is 15.0 Å². The predicted octanol–water partition coefficient (Wildman–Crippen LogP) is 2.66. The summed E-state index contributed by atoms with van der Waals surface area (Å²) in [7, 11) is 1.62. The van der Waals surface area contributed by atoms with Gasteiger partial charge in [0.2, 0.25) is 0 Å². The first-order valence-electron chi connectivity index (χ1n) is 5.90. The second-order valence-corrected chi connectivity index (χ2v) is 4.16. The van der Waals surface area contributed by atoms with Crippen LogP contribution in [0.25, 0.3) is 16.5 Å². The molecule has 1 heterocycles. The lowest BCUT2D eigenvalue weighted by Gasteiger charge is -2.02. The predicted molar refractivity (Wildman–Crippen MR) is 79.6 cm³/mol. The lowest BCUT2D eigenvalue weighted by molar-refractivity contribution is 0.111. The Labute approximate surface area is 115 Å². The van der Waals surface area contributed by atoms with Crippen LogP contribution in [-0.4, -0.2) is 34.7 Å². The van der Waals surface area contributed by atoms with E-state index in [-0.39, 0.29) is 11.5 Å². The number of carbonyl (C=O) groups is 1. The van der Waals surface area contributed by atoms with Gasteiger partial charge in [-0.2, -0.15) is 0 Å². The number of carbonyl (C=O) groups excluding carboxylic acids is 1. The first-order valence-corrected chi connectivity index (χ1v) is 5.90. The van der Waals surface area contributed by atoms with E-state index in [1.807, 2.05) is 0 Å². The van der Waals surface area contributed by atoms with Crippen molar-refractivity contribution in [2.45, 2.75) is 0 Å². The van der Waals surface area contributed by atoms with Crippen molar-refractivity contribution in [1.82, 2.24) is 4.98 Å². The maximum absolute atomic E-state index is 11.2. The fourth-order valence-electron chi connectivity index (χ4n) is 2.10. The number of H-pyrrole nitrogens is 1. The number of aldehydes is 1. The summed E-state index contributed by atoms with van der Waals surface area (Å²) in [5.41, 5.74) is 2.19. The Morgan fingerprint density at radius 1 is 1.35 bits per heavy atom. The number of aromatic nitrogens is 1.